The average Bonchev–Trinajstić information content (AvgIpc) is 3.02. The number of aromatic nitrogens is 2. The molecule has 0 saturated carbocycles. The van der Waals surface area contributed by atoms with Gasteiger partial charge in [0.2, 0.25) is 0 Å². The van der Waals surface area contributed by atoms with Gasteiger partial charge in [-0.15, -0.1) is 0 Å². The molecule has 0 aliphatic heterocycles. The van der Waals surface area contributed by atoms with E-state index in [9.17, 15) is 4.79 Å². The van der Waals surface area contributed by atoms with Crippen molar-refractivity contribution in [3.63, 3.8) is 0 Å². The van der Waals surface area contributed by atoms with Gasteiger partial charge in [-0.05, 0) is 53.9 Å². The molecular formula is C21H19N3O2. The number of anilines is 2. The fourth-order valence-corrected chi connectivity index (χ4v) is 3.07. The Morgan fingerprint density at radius 1 is 0.923 bits per heavy atom. The van der Waals surface area contributed by atoms with Gasteiger partial charge in [0.1, 0.15) is 5.75 Å². The Labute approximate surface area is 150 Å². The lowest BCUT2D eigenvalue weighted by atomic mass is 10.0. The summed E-state index contributed by atoms with van der Waals surface area (Å²) in [6, 6.07) is 22.0. The van der Waals surface area contributed by atoms with Crippen LogP contribution in [-0.2, 0) is 6.42 Å². The molecule has 4 aromatic rings. The lowest BCUT2D eigenvalue weighted by Crippen LogP contribution is -1.99. The van der Waals surface area contributed by atoms with E-state index in [2.05, 4.69) is 21.4 Å². The smallest absolute Gasteiger partial charge is 0.323 e. The van der Waals surface area contributed by atoms with Crippen molar-refractivity contribution in [1.29, 1.82) is 0 Å². The monoisotopic (exact) mass is 345 g/mol. The van der Waals surface area contributed by atoms with Gasteiger partial charge in [-0.1, -0.05) is 30.3 Å². The highest BCUT2D eigenvalue weighted by Crippen LogP contribution is 2.28. The topological polar surface area (TPSA) is 69.9 Å². The van der Waals surface area contributed by atoms with Gasteiger partial charge < -0.3 is 20.0 Å². The zero-order valence-electron chi connectivity index (χ0n) is 14.4. The largest absolute Gasteiger partial charge is 0.497 e. The first-order chi connectivity index (χ1) is 12.7. The molecular weight excluding hydrogens is 326 g/mol. The molecule has 0 atom stereocenters. The van der Waals surface area contributed by atoms with Gasteiger partial charge in [0, 0.05) is 11.4 Å². The van der Waals surface area contributed by atoms with E-state index in [0.717, 1.165) is 45.7 Å². The van der Waals surface area contributed by atoms with Crippen LogP contribution in [0.5, 0.6) is 5.75 Å². The van der Waals surface area contributed by atoms with Crippen molar-refractivity contribution in [1.82, 2.24) is 9.97 Å². The van der Waals surface area contributed by atoms with Crippen LogP contribution >= 0.6 is 0 Å². The van der Waals surface area contributed by atoms with Crippen molar-refractivity contribution in [2.75, 3.05) is 12.4 Å². The molecule has 0 aliphatic carbocycles. The number of hydrogen-bond acceptors (Lipinski definition) is 3. The van der Waals surface area contributed by atoms with Crippen LogP contribution < -0.4 is 15.7 Å². The Hall–Kier alpha value is -3.47. The lowest BCUT2D eigenvalue weighted by Gasteiger charge is -2.13. The molecule has 0 bridgehead atoms. The maximum Gasteiger partial charge on any atom is 0.323 e. The average molecular weight is 345 g/mol. The minimum absolute atomic E-state index is 0.204. The normalized spacial score (nSPS) is 10.8. The van der Waals surface area contributed by atoms with Gasteiger partial charge in [-0.2, -0.15) is 0 Å². The Morgan fingerprint density at radius 2 is 1.69 bits per heavy atom. The minimum atomic E-state index is -0.204. The van der Waals surface area contributed by atoms with Crippen molar-refractivity contribution in [2.24, 2.45) is 0 Å². The molecule has 5 nitrogen and oxygen atoms in total. The third-order valence-electron chi connectivity index (χ3n) is 4.32. The molecule has 0 unspecified atom stereocenters. The fourth-order valence-electron chi connectivity index (χ4n) is 3.07. The molecule has 3 N–H and O–H groups in total. The molecule has 130 valence electrons. The highest BCUT2D eigenvalue weighted by Gasteiger charge is 2.09. The van der Waals surface area contributed by atoms with Gasteiger partial charge >= 0.3 is 5.69 Å². The van der Waals surface area contributed by atoms with E-state index in [1.807, 2.05) is 60.7 Å². The zero-order valence-corrected chi connectivity index (χ0v) is 14.4. The predicted octanol–water partition coefficient (Wildman–Crippen LogP) is 4.20. The summed E-state index contributed by atoms with van der Waals surface area (Å²) in [4.78, 5) is 17.3. The highest BCUT2D eigenvalue weighted by atomic mass is 16.5. The van der Waals surface area contributed by atoms with Crippen LogP contribution in [0.2, 0.25) is 0 Å². The molecule has 0 spiro atoms. The summed E-state index contributed by atoms with van der Waals surface area (Å²) in [7, 11) is 1.66. The SMILES string of the molecule is COc1cccc(Cc2cc3[nH]c(=O)[nH]c3cc2Nc2ccccc2)c1. The van der Waals surface area contributed by atoms with Crippen molar-refractivity contribution in [3.05, 3.63) is 88.3 Å². The number of H-pyrrole nitrogens is 2. The first-order valence-electron chi connectivity index (χ1n) is 8.41. The Morgan fingerprint density at radius 3 is 2.46 bits per heavy atom. The van der Waals surface area contributed by atoms with Crippen molar-refractivity contribution in [2.45, 2.75) is 6.42 Å². The number of methoxy groups -OCH3 is 1. The van der Waals surface area contributed by atoms with Gasteiger partial charge in [-0.25, -0.2) is 4.79 Å². The van der Waals surface area contributed by atoms with Gasteiger partial charge in [-0.3, -0.25) is 0 Å². The van der Waals surface area contributed by atoms with Crippen LogP contribution in [0.15, 0.2) is 71.5 Å². The predicted molar refractivity (Wildman–Crippen MR) is 104 cm³/mol. The molecule has 4 rings (SSSR count). The van der Waals surface area contributed by atoms with Crippen molar-refractivity contribution < 1.29 is 4.74 Å². The summed E-state index contributed by atoms with van der Waals surface area (Å²) in [5, 5.41) is 3.46. The number of imidazole rings is 1. The van der Waals surface area contributed by atoms with Crippen LogP contribution in [0.25, 0.3) is 11.0 Å². The number of benzene rings is 3. The van der Waals surface area contributed by atoms with Crippen molar-refractivity contribution >= 4 is 22.4 Å². The van der Waals surface area contributed by atoms with Crippen LogP contribution in [0.1, 0.15) is 11.1 Å². The van der Waals surface area contributed by atoms with Crippen LogP contribution in [0.3, 0.4) is 0 Å². The van der Waals surface area contributed by atoms with Crippen LogP contribution in [0.4, 0.5) is 11.4 Å². The Balaban J connectivity index is 1.77. The number of aromatic amines is 2. The van der Waals surface area contributed by atoms with Crippen LogP contribution in [-0.4, -0.2) is 17.1 Å². The van der Waals surface area contributed by atoms with E-state index in [1.165, 1.54) is 0 Å². The van der Waals surface area contributed by atoms with E-state index in [4.69, 9.17) is 4.74 Å². The summed E-state index contributed by atoms with van der Waals surface area (Å²) in [5.74, 6) is 0.830. The standard InChI is InChI=1S/C21H19N3O2/c1-26-17-9-5-6-14(11-17)10-15-12-19-20(24-21(25)23-19)13-18(15)22-16-7-3-2-4-8-16/h2-9,11-13,22H,10H2,1H3,(H2,23,24,25). The molecule has 5 heteroatoms. The minimum Gasteiger partial charge on any atom is -0.497 e. The molecule has 0 amide bonds. The second-order valence-electron chi connectivity index (χ2n) is 6.15. The fraction of sp³-hybridized carbons (Fsp3) is 0.0952. The first kappa shape index (κ1) is 16.0. The van der Waals surface area contributed by atoms with Gasteiger partial charge in [0.05, 0.1) is 18.1 Å². The van der Waals surface area contributed by atoms with E-state index in [0.29, 0.717) is 0 Å². The molecule has 26 heavy (non-hydrogen) atoms. The van der Waals surface area contributed by atoms with Gasteiger partial charge in [0.15, 0.2) is 0 Å². The third-order valence-corrected chi connectivity index (χ3v) is 4.32. The summed E-state index contributed by atoms with van der Waals surface area (Å²) in [5.41, 5.74) is 5.56. The molecule has 0 saturated heterocycles. The van der Waals surface area contributed by atoms with E-state index in [-0.39, 0.29) is 5.69 Å². The molecule has 3 aromatic carbocycles. The highest BCUT2D eigenvalue weighted by molar-refractivity contribution is 5.82. The number of fused-ring (bicyclic) bond motifs is 1. The Bertz CT molecular complexity index is 1100. The zero-order chi connectivity index (χ0) is 17.9. The van der Waals surface area contributed by atoms with E-state index in [1.54, 1.807) is 7.11 Å². The summed E-state index contributed by atoms with van der Waals surface area (Å²) < 4.78 is 5.32. The summed E-state index contributed by atoms with van der Waals surface area (Å²) >= 11 is 0. The summed E-state index contributed by atoms with van der Waals surface area (Å²) in [6.07, 6.45) is 0.718. The number of ether oxygens (including phenoxy) is 1. The molecule has 1 heterocycles. The molecule has 0 radical (unpaired) electrons. The maximum atomic E-state index is 11.7. The third kappa shape index (κ3) is 3.32. The second-order valence-corrected chi connectivity index (χ2v) is 6.15. The number of para-hydroxylation sites is 1. The molecule has 0 fully saturated rings. The molecule has 1 aromatic heterocycles. The first-order valence-corrected chi connectivity index (χ1v) is 8.41. The number of nitrogens with one attached hydrogen (secondary N) is 3. The second kappa shape index (κ2) is 6.80. The van der Waals surface area contributed by atoms with E-state index < -0.39 is 0 Å². The lowest BCUT2D eigenvalue weighted by molar-refractivity contribution is 0.414. The van der Waals surface area contributed by atoms with E-state index >= 15 is 0 Å². The Kier molecular flexibility index (Phi) is 4.19. The maximum absolute atomic E-state index is 11.7. The molecule has 0 aliphatic rings. The summed E-state index contributed by atoms with van der Waals surface area (Å²) in [6.45, 7) is 0. The number of hydrogen-bond donors (Lipinski definition) is 3. The van der Waals surface area contributed by atoms with Gasteiger partial charge in [0.25, 0.3) is 0 Å². The number of rotatable bonds is 5. The quantitative estimate of drug-likeness (QED) is 0.508. The van der Waals surface area contributed by atoms with Crippen LogP contribution in [0, 0.1) is 0 Å². The van der Waals surface area contributed by atoms with Crippen molar-refractivity contribution in [3.8, 4) is 5.75 Å².